The summed E-state index contributed by atoms with van der Waals surface area (Å²) in [5, 5.41) is 12.3. The fourth-order valence-corrected chi connectivity index (χ4v) is 1.52. The highest BCUT2D eigenvalue weighted by Gasteiger charge is 2.21. The van der Waals surface area contributed by atoms with E-state index in [0.29, 0.717) is 13.1 Å². The minimum absolute atomic E-state index is 0.0978. The van der Waals surface area contributed by atoms with Gasteiger partial charge in [0, 0.05) is 13.1 Å². The number of β-amino-alcohol motifs (C(OH)–C–C–N with tert-alkyl or cyclic N) is 1. The molecule has 1 aliphatic heterocycles. The number of piperidine rings is 1. The van der Waals surface area contributed by atoms with Crippen LogP contribution in [0, 0.1) is 0 Å². The molecule has 0 unspecified atom stereocenters. The third kappa shape index (κ3) is 3.32. The highest BCUT2D eigenvalue weighted by atomic mass is 16.3. The van der Waals surface area contributed by atoms with Gasteiger partial charge in [-0.1, -0.05) is 6.92 Å². The number of hydrogen-bond acceptors (Lipinski definition) is 3. The molecule has 1 aliphatic rings. The molecule has 1 saturated heterocycles. The van der Waals surface area contributed by atoms with Gasteiger partial charge < -0.3 is 15.3 Å². The number of nitrogens with zero attached hydrogens (tertiary/aromatic N) is 1. The highest BCUT2D eigenvalue weighted by Crippen LogP contribution is 2.09. The van der Waals surface area contributed by atoms with E-state index in [1.807, 2.05) is 6.92 Å². The van der Waals surface area contributed by atoms with Crippen molar-refractivity contribution >= 4 is 5.91 Å². The molecule has 0 aromatic rings. The topological polar surface area (TPSA) is 52.6 Å². The molecule has 0 aromatic heterocycles. The van der Waals surface area contributed by atoms with Gasteiger partial charge in [-0.3, -0.25) is 4.79 Å². The second kappa shape index (κ2) is 5.19. The molecule has 0 saturated carbocycles. The molecule has 0 aromatic carbocycles. The Bertz CT molecular complexity index is 173. The van der Waals surface area contributed by atoms with Gasteiger partial charge in [0.05, 0.1) is 12.6 Å². The van der Waals surface area contributed by atoms with Crippen LogP contribution in [0.3, 0.4) is 0 Å². The molecule has 1 rings (SSSR count). The number of aliphatic hydroxyl groups is 1. The molecule has 1 amide bonds. The minimum Gasteiger partial charge on any atom is -0.391 e. The highest BCUT2D eigenvalue weighted by molar-refractivity contribution is 5.78. The summed E-state index contributed by atoms with van der Waals surface area (Å²) in [7, 11) is 0. The standard InChI is InChI=1S/C9H18N2O2/c1-2-10-6-9(13)11-5-3-4-8(12)7-11/h8,10,12H,2-7H2,1H3/t8-/m0/s1. The summed E-state index contributed by atoms with van der Waals surface area (Å²) in [6.45, 7) is 4.47. The van der Waals surface area contributed by atoms with Crippen molar-refractivity contribution in [2.75, 3.05) is 26.2 Å². The monoisotopic (exact) mass is 186 g/mol. The first kappa shape index (κ1) is 10.5. The van der Waals surface area contributed by atoms with Crippen molar-refractivity contribution in [1.29, 1.82) is 0 Å². The molecule has 76 valence electrons. The number of likely N-dealkylation sites (tertiary alicyclic amines) is 1. The fourth-order valence-electron chi connectivity index (χ4n) is 1.52. The summed E-state index contributed by atoms with van der Waals surface area (Å²) < 4.78 is 0. The van der Waals surface area contributed by atoms with E-state index >= 15 is 0 Å². The minimum atomic E-state index is -0.320. The summed E-state index contributed by atoms with van der Waals surface area (Å²) in [5.74, 6) is 0.0978. The number of carbonyl (C=O) groups is 1. The predicted octanol–water partition coefficient (Wildman–Crippen LogP) is -0.421. The molecule has 13 heavy (non-hydrogen) atoms. The van der Waals surface area contributed by atoms with E-state index < -0.39 is 0 Å². The van der Waals surface area contributed by atoms with Crippen molar-refractivity contribution in [2.45, 2.75) is 25.9 Å². The first-order valence-electron chi connectivity index (χ1n) is 4.90. The maximum absolute atomic E-state index is 11.5. The molecule has 1 atom stereocenters. The van der Waals surface area contributed by atoms with Crippen molar-refractivity contribution in [1.82, 2.24) is 10.2 Å². The summed E-state index contributed by atoms with van der Waals surface area (Å²) in [5.41, 5.74) is 0. The number of hydrogen-bond donors (Lipinski definition) is 2. The zero-order valence-corrected chi connectivity index (χ0v) is 8.12. The Morgan fingerprint density at radius 3 is 3.08 bits per heavy atom. The van der Waals surface area contributed by atoms with Crippen molar-refractivity contribution in [3.05, 3.63) is 0 Å². The Labute approximate surface area is 78.9 Å². The van der Waals surface area contributed by atoms with Gasteiger partial charge in [-0.15, -0.1) is 0 Å². The van der Waals surface area contributed by atoms with Crippen LogP contribution < -0.4 is 5.32 Å². The van der Waals surface area contributed by atoms with Gasteiger partial charge >= 0.3 is 0 Å². The van der Waals surface area contributed by atoms with E-state index in [1.54, 1.807) is 4.90 Å². The van der Waals surface area contributed by atoms with E-state index in [4.69, 9.17) is 0 Å². The number of likely N-dealkylation sites (N-methyl/N-ethyl adjacent to an activating group) is 1. The summed E-state index contributed by atoms with van der Waals surface area (Å²) in [6, 6.07) is 0. The SMILES string of the molecule is CCNCC(=O)N1CCC[C@H](O)C1. The number of amides is 1. The number of aliphatic hydroxyl groups excluding tert-OH is 1. The average Bonchev–Trinajstić information content (AvgIpc) is 2.14. The van der Waals surface area contributed by atoms with Crippen LogP contribution >= 0.6 is 0 Å². The first-order chi connectivity index (χ1) is 6.24. The molecule has 1 heterocycles. The largest absolute Gasteiger partial charge is 0.391 e. The van der Waals surface area contributed by atoms with Crippen LogP contribution in [0.25, 0.3) is 0 Å². The Balaban J connectivity index is 2.28. The zero-order valence-electron chi connectivity index (χ0n) is 8.12. The van der Waals surface area contributed by atoms with Crippen LogP contribution in [-0.2, 0) is 4.79 Å². The summed E-state index contributed by atoms with van der Waals surface area (Å²) in [6.07, 6.45) is 1.42. The van der Waals surface area contributed by atoms with Crippen molar-refractivity contribution in [3.63, 3.8) is 0 Å². The van der Waals surface area contributed by atoms with Crippen LogP contribution in [0.15, 0.2) is 0 Å². The van der Waals surface area contributed by atoms with Gasteiger partial charge in [-0.25, -0.2) is 0 Å². The lowest BCUT2D eigenvalue weighted by Crippen LogP contribution is -2.45. The molecular weight excluding hydrogens is 168 g/mol. The smallest absolute Gasteiger partial charge is 0.236 e. The van der Waals surface area contributed by atoms with Gasteiger partial charge in [-0.05, 0) is 19.4 Å². The second-order valence-corrected chi connectivity index (χ2v) is 3.42. The van der Waals surface area contributed by atoms with Crippen LogP contribution in [0.4, 0.5) is 0 Å². The van der Waals surface area contributed by atoms with E-state index in [-0.39, 0.29) is 12.0 Å². The van der Waals surface area contributed by atoms with Crippen LogP contribution in [0.5, 0.6) is 0 Å². The predicted molar refractivity (Wildman–Crippen MR) is 50.4 cm³/mol. The number of carbonyl (C=O) groups excluding carboxylic acids is 1. The van der Waals surface area contributed by atoms with Crippen LogP contribution in [0.2, 0.25) is 0 Å². The van der Waals surface area contributed by atoms with Crippen molar-refractivity contribution in [3.8, 4) is 0 Å². The Morgan fingerprint density at radius 1 is 1.69 bits per heavy atom. The summed E-state index contributed by atoms with van der Waals surface area (Å²) in [4.78, 5) is 13.2. The molecule has 2 N–H and O–H groups in total. The lowest BCUT2D eigenvalue weighted by atomic mass is 10.1. The fraction of sp³-hybridized carbons (Fsp3) is 0.889. The third-order valence-electron chi connectivity index (χ3n) is 2.28. The van der Waals surface area contributed by atoms with Crippen LogP contribution in [0.1, 0.15) is 19.8 Å². The van der Waals surface area contributed by atoms with Gasteiger partial charge in [0.25, 0.3) is 0 Å². The maximum Gasteiger partial charge on any atom is 0.236 e. The lowest BCUT2D eigenvalue weighted by Gasteiger charge is -2.30. The van der Waals surface area contributed by atoms with Crippen LogP contribution in [-0.4, -0.2) is 48.2 Å². The van der Waals surface area contributed by atoms with E-state index in [2.05, 4.69) is 5.32 Å². The first-order valence-corrected chi connectivity index (χ1v) is 4.90. The molecule has 0 radical (unpaired) electrons. The van der Waals surface area contributed by atoms with Crippen molar-refractivity contribution < 1.29 is 9.90 Å². The second-order valence-electron chi connectivity index (χ2n) is 3.42. The van der Waals surface area contributed by atoms with Gasteiger partial charge in [0.1, 0.15) is 0 Å². The Hall–Kier alpha value is -0.610. The van der Waals surface area contributed by atoms with E-state index in [0.717, 1.165) is 25.9 Å². The Kier molecular flexibility index (Phi) is 4.18. The zero-order chi connectivity index (χ0) is 9.68. The van der Waals surface area contributed by atoms with Gasteiger partial charge in [0.2, 0.25) is 5.91 Å². The molecule has 0 aliphatic carbocycles. The third-order valence-corrected chi connectivity index (χ3v) is 2.28. The lowest BCUT2D eigenvalue weighted by molar-refractivity contribution is -0.133. The normalized spacial score (nSPS) is 23.2. The van der Waals surface area contributed by atoms with E-state index in [9.17, 15) is 9.90 Å². The van der Waals surface area contributed by atoms with Gasteiger partial charge in [0.15, 0.2) is 0 Å². The molecular formula is C9H18N2O2. The maximum atomic E-state index is 11.5. The molecule has 4 nitrogen and oxygen atoms in total. The molecule has 1 fully saturated rings. The number of nitrogens with one attached hydrogen (secondary N) is 1. The average molecular weight is 186 g/mol. The van der Waals surface area contributed by atoms with Gasteiger partial charge in [-0.2, -0.15) is 0 Å². The van der Waals surface area contributed by atoms with Crippen molar-refractivity contribution in [2.24, 2.45) is 0 Å². The summed E-state index contributed by atoms with van der Waals surface area (Å²) >= 11 is 0. The molecule has 0 bridgehead atoms. The number of rotatable bonds is 3. The Morgan fingerprint density at radius 2 is 2.46 bits per heavy atom. The van der Waals surface area contributed by atoms with E-state index in [1.165, 1.54) is 0 Å². The quantitative estimate of drug-likeness (QED) is 0.629. The molecule has 4 heteroatoms. The molecule has 0 spiro atoms.